The van der Waals surface area contributed by atoms with Gasteiger partial charge in [0.2, 0.25) is 0 Å². The molecule has 0 unspecified atom stereocenters. The number of rotatable bonds is 8. The molecular formula is C20H25ClN4O. The van der Waals surface area contributed by atoms with Gasteiger partial charge in [-0.15, -0.1) is 0 Å². The summed E-state index contributed by atoms with van der Waals surface area (Å²) in [7, 11) is 1.68. The summed E-state index contributed by atoms with van der Waals surface area (Å²) >= 11 is 6.11. The lowest BCUT2D eigenvalue weighted by Gasteiger charge is -2.17. The Morgan fingerprint density at radius 2 is 1.96 bits per heavy atom. The highest BCUT2D eigenvalue weighted by molar-refractivity contribution is 6.30. The number of nitrogens with zero attached hydrogens (tertiary/aromatic N) is 3. The maximum absolute atomic E-state index is 6.11. The fourth-order valence-electron chi connectivity index (χ4n) is 3.03. The van der Waals surface area contributed by atoms with Crippen LogP contribution in [0, 0.1) is 0 Å². The number of hydrogen-bond acceptors (Lipinski definition) is 4. The molecule has 0 saturated carbocycles. The third kappa shape index (κ3) is 4.11. The first kappa shape index (κ1) is 18.5. The minimum absolute atomic E-state index is 0.692. The maximum atomic E-state index is 6.11. The summed E-state index contributed by atoms with van der Waals surface area (Å²) in [5, 5.41) is 9.92. The molecule has 6 heteroatoms. The topological polar surface area (TPSA) is 42.3 Å². The molecule has 26 heavy (non-hydrogen) atoms. The van der Waals surface area contributed by atoms with Crippen molar-refractivity contribution in [3.63, 3.8) is 0 Å². The van der Waals surface area contributed by atoms with Crippen LogP contribution in [0.2, 0.25) is 5.02 Å². The van der Waals surface area contributed by atoms with E-state index in [1.54, 1.807) is 7.11 Å². The Hall–Kier alpha value is -2.24. The molecule has 1 aromatic heterocycles. The maximum Gasteiger partial charge on any atom is 0.160 e. The Balaban J connectivity index is 1.95. The molecule has 5 nitrogen and oxygen atoms in total. The molecule has 0 aliphatic rings. The second-order valence-electron chi connectivity index (χ2n) is 6.12. The highest BCUT2D eigenvalue weighted by Gasteiger charge is 2.13. The van der Waals surface area contributed by atoms with Crippen LogP contribution in [0.3, 0.4) is 0 Å². The normalized spacial score (nSPS) is 11.3. The summed E-state index contributed by atoms with van der Waals surface area (Å²) in [5.74, 6) is 1.62. The van der Waals surface area contributed by atoms with Gasteiger partial charge in [0.1, 0.15) is 5.75 Å². The molecule has 0 atom stereocenters. The standard InChI is InChI=1S/C20H25ClN4O/c1-4-24(5-2)11-12-25-19-10-9-17(26-3)14-18(19)20(23-25)22-16-8-6-7-15(21)13-16/h6-10,13-14H,4-5,11-12H2,1-3H3,(H,22,23). The zero-order valence-electron chi connectivity index (χ0n) is 15.5. The third-order valence-corrected chi connectivity index (χ3v) is 4.80. The zero-order valence-corrected chi connectivity index (χ0v) is 16.3. The highest BCUT2D eigenvalue weighted by Crippen LogP contribution is 2.30. The van der Waals surface area contributed by atoms with E-state index in [-0.39, 0.29) is 0 Å². The Kier molecular flexibility index (Phi) is 6.01. The van der Waals surface area contributed by atoms with E-state index in [4.69, 9.17) is 21.4 Å². The van der Waals surface area contributed by atoms with E-state index in [0.717, 1.165) is 54.3 Å². The average Bonchev–Trinajstić information content (AvgIpc) is 2.99. The summed E-state index contributed by atoms with van der Waals surface area (Å²) in [6.07, 6.45) is 0. The molecule has 0 aliphatic heterocycles. The second-order valence-corrected chi connectivity index (χ2v) is 6.55. The van der Waals surface area contributed by atoms with Crippen LogP contribution in [-0.4, -0.2) is 41.4 Å². The van der Waals surface area contributed by atoms with Crippen LogP contribution < -0.4 is 10.1 Å². The van der Waals surface area contributed by atoms with Crippen molar-refractivity contribution in [3.05, 3.63) is 47.5 Å². The lowest BCUT2D eigenvalue weighted by molar-refractivity contribution is 0.287. The molecule has 0 amide bonds. The van der Waals surface area contributed by atoms with Crippen molar-refractivity contribution in [1.82, 2.24) is 14.7 Å². The molecule has 1 N–H and O–H groups in total. The molecule has 2 aromatic carbocycles. The number of methoxy groups -OCH3 is 1. The van der Waals surface area contributed by atoms with Crippen molar-refractivity contribution in [2.75, 3.05) is 32.1 Å². The second kappa shape index (κ2) is 8.43. The largest absolute Gasteiger partial charge is 0.497 e. The number of ether oxygens (including phenoxy) is 1. The van der Waals surface area contributed by atoms with Crippen LogP contribution in [0.25, 0.3) is 10.9 Å². The number of benzene rings is 2. The molecule has 1 heterocycles. The Morgan fingerprint density at radius 3 is 2.65 bits per heavy atom. The lowest BCUT2D eigenvalue weighted by Crippen LogP contribution is -2.27. The first-order chi connectivity index (χ1) is 12.6. The molecule has 3 aromatic rings. The molecule has 0 spiro atoms. The van der Waals surface area contributed by atoms with Crippen molar-refractivity contribution in [1.29, 1.82) is 0 Å². The number of anilines is 2. The lowest BCUT2D eigenvalue weighted by atomic mass is 10.2. The first-order valence-corrected chi connectivity index (χ1v) is 9.32. The summed E-state index contributed by atoms with van der Waals surface area (Å²) in [5.41, 5.74) is 2.00. The molecule has 0 radical (unpaired) electrons. The first-order valence-electron chi connectivity index (χ1n) is 8.94. The van der Waals surface area contributed by atoms with Gasteiger partial charge in [-0.1, -0.05) is 31.5 Å². The molecule has 3 rings (SSSR count). The monoisotopic (exact) mass is 372 g/mol. The van der Waals surface area contributed by atoms with E-state index < -0.39 is 0 Å². The summed E-state index contributed by atoms with van der Waals surface area (Å²) in [6, 6.07) is 13.7. The molecule has 0 saturated heterocycles. The van der Waals surface area contributed by atoms with Crippen molar-refractivity contribution in [3.8, 4) is 5.75 Å². The molecule has 0 aliphatic carbocycles. The smallest absolute Gasteiger partial charge is 0.160 e. The van der Waals surface area contributed by atoms with E-state index in [0.29, 0.717) is 5.02 Å². The number of hydrogen-bond donors (Lipinski definition) is 1. The van der Waals surface area contributed by atoms with Gasteiger partial charge in [-0.05, 0) is 49.5 Å². The molecule has 0 fully saturated rings. The van der Waals surface area contributed by atoms with Crippen LogP contribution >= 0.6 is 11.6 Å². The average molecular weight is 373 g/mol. The third-order valence-electron chi connectivity index (χ3n) is 4.57. The van der Waals surface area contributed by atoms with Gasteiger partial charge in [-0.25, -0.2) is 0 Å². The zero-order chi connectivity index (χ0) is 18.5. The molecule has 138 valence electrons. The molecular weight excluding hydrogens is 348 g/mol. The predicted octanol–water partition coefficient (Wildman–Crippen LogP) is 4.78. The minimum atomic E-state index is 0.692. The van der Waals surface area contributed by atoms with Crippen LogP contribution in [0.5, 0.6) is 5.75 Å². The van der Waals surface area contributed by atoms with E-state index in [1.807, 2.05) is 36.4 Å². The van der Waals surface area contributed by atoms with E-state index in [2.05, 4.69) is 34.8 Å². The SMILES string of the molecule is CCN(CC)CCn1nc(Nc2cccc(Cl)c2)c2cc(OC)ccc21. The number of aromatic nitrogens is 2. The van der Waals surface area contributed by atoms with Crippen LogP contribution in [0.1, 0.15) is 13.8 Å². The quantitative estimate of drug-likeness (QED) is 0.617. The molecule has 0 bridgehead atoms. The Bertz CT molecular complexity index is 873. The van der Waals surface area contributed by atoms with Crippen LogP contribution in [0.4, 0.5) is 11.5 Å². The Labute approximate surface area is 159 Å². The number of fused-ring (bicyclic) bond motifs is 1. The van der Waals surface area contributed by atoms with Crippen molar-refractivity contribution in [2.24, 2.45) is 0 Å². The summed E-state index contributed by atoms with van der Waals surface area (Å²) in [6.45, 7) is 8.24. The van der Waals surface area contributed by atoms with Crippen molar-refractivity contribution in [2.45, 2.75) is 20.4 Å². The van der Waals surface area contributed by atoms with Crippen LogP contribution in [0.15, 0.2) is 42.5 Å². The van der Waals surface area contributed by atoms with Gasteiger partial charge in [0.05, 0.1) is 19.2 Å². The van der Waals surface area contributed by atoms with Crippen LogP contribution in [-0.2, 0) is 6.54 Å². The van der Waals surface area contributed by atoms with Crippen molar-refractivity contribution < 1.29 is 4.74 Å². The highest BCUT2D eigenvalue weighted by atomic mass is 35.5. The number of nitrogens with one attached hydrogen (secondary N) is 1. The van der Waals surface area contributed by atoms with Gasteiger partial charge in [0, 0.05) is 22.6 Å². The fraction of sp³-hybridized carbons (Fsp3) is 0.350. The number of likely N-dealkylation sites (N-methyl/N-ethyl adjacent to an activating group) is 1. The number of halogens is 1. The summed E-state index contributed by atoms with van der Waals surface area (Å²) < 4.78 is 7.45. The van der Waals surface area contributed by atoms with Gasteiger partial charge in [-0.3, -0.25) is 4.68 Å². The van der Waals surface area contributed by atoms with Gasteiger partial charge in [0.25, 0.3) is 0 Å². The summed E-state index contributed by atoms with van der Waals surface area (Å²) in [4.78, 5) is 2.39. The minimum Gasteiger partial charge on any atom is -0.497 e. The predicted molar refractivity (Wildman–Crippen MR) is 109 cm³/mol. The fourth-order valence-corrected chi connectivity index (χ4v) is 3.22. The van der Waals surface area contributed by atoms with Gasteiger partial charge in [-0.2, -0.15) is 5.10 Å². The van der Waals surface area contributed by atoms with Crippen molar-refractivity contribution >= 4 is 34.0 Å². The van der Waals surface area contributed by atoms with E-state index >= 15 is 0 Å². The van der Waals surface area contributed by atoms with Gasteiger partial charge in [0.15, 0.2) is 5.82 Å². The van der Waals surface area contributed by atoms with Gasteiger partial charge >= 0.3 is 0 Å². The van der Waals surface area contributed by atoms with E-state index in [9.17, 15) is 0 Å². The van der Waals surface area contributed by atoms with Gasteiger partial charge < -0.3 is 15.0 Å². The van der Waals surface area contributed by atoms with E-state index in [1.165, 1.54) is 0 Å². The Morgan fingerprint density at radius 1 is 1.15 bits per heavy atom.